The Kier molecular flexibility index (Phi) is 16.6. The number of carbonyl (C=O) groups excluding carboxylic acids is 6. The zero-order chi connectivity index (χ0) is 54.0. The third-order valence-electron chi connectivity index (χ3n) is 11.9. The maximum absolute atomic E-state index is 14.7. The fraction of sp³-hybridized carbons (Fsp3) is 0.185. The molecule has 0 saturated carbocycles. The molecule has 0 aliphatic carbocycles. The third-order valence-corrected chi connectivity index (χ3v) is 12.5. The first-order chi connectivity index (χ1) is 36.5. The third kappa shape index (κ3) is 12.4. The van der Waals surface area contributed by atoms with Crippen LogP contribution in [0.2, 0.25) is 10.0 Å². The Hall–Kier alpha value is -8.82. The van der Waals surface area contributed by atoms with Gasteiger partial charge in [0.15, 0.2) is 12.2 Å². The van der Waals surface area contributed by atoms with Gasteiger partial charge in [-0.1, -0.05) is 83.9 Å². The summed E-state index contributed by atoms with van der Waals surface area (Å²) in [6.07, 6.45) is -6.00. The number of esters is 2. The molecule has 4 amide bonds. The van der Waals surface area contributed by atoms with Crippen molar-refractivity contribution in [2.75, 3.05) is 44.2 Å². The molecular weight excluding hydrogens is 1020 g/mol. The van der Waals surface area contributed by atoms with Crippen LogP contribution in [0.1, 0.15) is 36.8 Å². The molecular formula is C54H48Cl2N8O12. The zero-order valence-corrected chi connectivity index (χ0v) is 41.5. The first kappa shape index (κ1) is 53.5. The molecule has 4 atom stereocenters. The van der Waals surface area contributed by atoms with Crippen LogP contribution in [0, 0.1) is 10.8 Å². The second kappa shape index (κ2) is 23.6. The summed E-state index contributed by atoms with van der Waals surface area (Å²) >= 11 is 12.1. The van der Waals surface area contributed by atoms with Crippen LogP contribution in [0.3, 0.4) is 0 Å². The number of nitrogens with one attached hydrogen (secondary N) is 6. The van der Waals surface area contributed by atoms with Crippen molar-refractivity contribution in [3.05, 3.63) is 179 Å². The number of hydrogen-bond donors (Lipinski definition) is 8. The van der Waals surface area contributed by atoms with Gasteiger partial charge in [-0.15, -0.1) is 0 Å². The van der Waals surface area contributed by atoms with Crippen molar-refractivity contribution in [3.63, 3.8) is 0 Å². The molecule has 4 unspecified atom stereocenters. The normalized spacial score (nSPS) is 15.5. The van der Waals surface area contributed by atoms with Crippen molar-refractivity contribution in [1.29, 1.82) is 10.8 Å². The summed E-state index contributed by atoms with van der Waals surface area (Å²) in [6, 6.07) is 37.7. The molecule has 2 aliphatic rings. The van der Waals surface area contributed by atoms with Crippen molar-refractivity contribution in [2.24, 2.45) is 0 Å². The molecule has 0 radical (unpaired) electrons. The van der Waals surface area contributed by atoms with Crippen molar-refractivity contribution in [3.8, 4) is 0 Å². The number of amides is 4. The minimum Gasteiger partial charge on any atom is -0.407 e. The van der Waals surface area contributed by atoms with E-state index in [0.717, 1.165) is 12.8 Å². The molecule has 0 bridgehead atoms. The number of rotatable bonds is 17. The molecule has 2 fully saturated rings. The molecule has 0 aromatic heterocycles. The molecule has 22 heteroatoms. The number of aliphatic hydroxyl groups excluding tert-OH is 2. The van der Waals surface area contributed by atoms with Gasteiger partial charge < -0.3 is 49.6 Å². The van der Waals surface area contributed by atoms with Gasteiger partial charge in [0, 0.05) is 81.2 Å². The summed E-state index contributed by atoms with van der Waals surface area (Å²) in [7, 11) is 0. The average Bonchev–Trinajstić information content (AvgIpc) is 4.10. The van der Waals surface area contributed by atoms with E-state index in [1.54, 1.807) is 34.1 Å². The maximum Gasteiger partial charge on any atom is 0.415 e. The van der Waals surface area contributed by atoms with E-state index in [1.165, 1.54) is 133 Å². The molecule has 2 aliphatic heterocycles. The van der Waals surface area contributed by atoms with Crippen LogP contribution in [0.15, 0.2) is 158 Å². The largest absolute Gasteiger partial charge is 0.415 e. The van der Waals surface area contributed by atoms with Gasteiger partial charge in [-0.2, -0.15) is 0 Å². The maximum atomic E-state index is 14.7. The molecule has 6 aromatic carbocycles. The van der Waals surface area contributed by atoms with E-state index in [9.17, 15) is 39.0 Å². The molecule has 76 heavy (non-hydrogen) atoms. The lowest BCUT2D eigenvalue weighted by atomic mass is 10.0. The molecule has 2 heterocycles. The number of aliphatic hydroxyl groups is 2. The van der Waals surface area contributed by atoms with Crippen LogP contribution in [0.5, 0.6) is 0 Å². The van der Waals surface area contributed by atoms with Gasteiger partial charge in [0.1, 0.15) is 11.7 Å². The monoisotopic (exact) mass is 1070 g/mol. The first-order valence-corrected chi connectivity index (χ1v) is 24.3. The Balaban J connectivity index is 1.11. The summed E-state index contributed by atoms with van der Waals surface area (Å²) in [5.74, 6) is -12.0. The summed E-state index contributed by atoms with van der Waals surface area (Å²) < 4.78 is 22.8. The highest BCUT2D eigenvalue weighted by Crippen LogP contribution is 2.35. The zero-order valence-electron chi connectivity index (χ0n) is 40.0. The lowest BCUT2D eigenvalue weighted by Gasteiger charge is -2.34. The van der Waals surface area contributed by atoms with Gasteiger partial charge in [0.2, 0.25) is 0 Å². The number of benzene rings is 6. The predicted molar refractivity (Wildman–Crippen MR) is 282 cm³/mol. The topological polar surface area (TPSA) is 282 Å². The van der Waals surface area contributed by atoms with Gasteiger partial charge in [0.05, 0.1) is 0 Å². The van der Waals surface area contributed by atoms with Crippen LogP contribution >= 0.6 is 23.2 Å². The minimum atomic E-state index is -3.16. The number of carbonyl (C=O) groups is 6. The number of halogens is 2. The Morgan fingerprint density at radius 3 is 1.09 bits per heavy atom. The Labute approximate surface area is 444 Å². The quantitative estimate of drug-likeness (QED) is 0.0313. The van der Waals surface area contributed by atoms with Crippen LogP contribution in [0.25, 0.3) is 0 Å². The molecule has 20 nitrogen and oxygen atoms in total. The fourth-order valence-corrected chi connectivity index (χ4v) is 8.36. The number of hydrogen-bond acceptors (Lipinski definition) is 14. The first-order valence-electron chi connectivity index (χ1n) is 23.5. The summed E-state index contributed by atoms with van der Waals surface area (Å²) in [5.41, 5.74) is 1.15. The average molecular weight is 1070 g/mol. The second-order valence-corrected chi connectivity index (χ2v) is 18.0. The molecule has 0 spiro atoms. The van der Waals surface area contributed by atoms with E-state index in [0.29, 0.717) is 59.0 Å². The van der Waals surface area contributed by atoms with Gasteiger partial charge >= 0.3 is 47.5 Å². The number of anilines is 6. The number of amidine groups is 2. The van der Waals surface area contributed by atoms with Crippen LogP contribution < -0.4 is 31.1 Å². The van der Waals surface area contributed by atoms with E-state index in [4.69, 9.17) is 53.0 Å². The van der Waals surface area contributed by atoms with E-state index in [1.807, 2.05) is 0 Å². The molecule has 8 N–H and O–H groups in total. The minimum absolute atomic E-state index is 0.0976. The number of ether oxygens (including phenoxy) is 4. The number of nitrogens with zero attached hydrogens (tertiary/aromatic N) is 2. The molecule has 8 rings (SSSR count). The predicted octanol–water partition coefficient (Wildman–Crippen LogP) is 8.74. The van der Waals surface area contributed by atoms with Gasteiger partial charge in [0.25, 0.3) is 0 Å². The van der Waals surface area contributed by atoms with Gasteiger partial charge in [-0.3, -0.25) is 31.0 Å². The Morgan fingerprint density at radius 1 is 0.461 bits per heavy atom. The van der Waals surface area contributed by atoms with Crippen molar-refractivity contribution < 1.29 is 57.9 Å². The van der Waals surface area contributed by atoms with Crippen LogP contribution in [-0.2, 0) is 49.7 Å². The highest BCUT2D eigenvalue weighted by molar-refractivity contribution is 6.31. The van der Waals surface area contributed by atoms with E-state index >= 15 is 0 Å². The lowest BCUT2D eigenvalue weighted by molar-refractivity contribution is -0.229. The standard InChI is InChI=1S/C54H48Cl2N8O12/c55-35-15-19-39(20-16-35)61-51(71)75-53(33-9-3-1-4-10-33,49(69)59-37-23-27-41(28-24-37)63-31-7-13-43(63)57)73-47(67)45(65)46(66)48(68)74-54(34-11-5-2-6-12-34,76-52(72)62-40-21-17-36(56)18-22-40)50(70)60-38-25-29-42(30-26-38)64-32-8-14-44(64)58/h1-6,9-12,15-30,45-46,57-58,65-66H,7-8,13-14,31-32H2,(H,59,69)(H,60,70)(H,61,71)(H,62,72). The highest BCUT2D eigenvalue weighted by atomic mass is 35.5. The summed E-state index contributed by atoms with van der Waals surface area (Å²) in [6.45, 7) is 1.20. The van der Waals surface area contributed by atoms with Gasteiger partial charge in [-0.25, -0.2) is 19.2 Å². The Morgan fingerprint density at radius 2 is 0.776 bits per heavy atom. The van der Waals surface area contributed by atoms with E-state index in [-0.39, 0.29) is 33.9 Å². The molecule has 6 aromatic rings. The summed E-state index contributed by atoms with van der Waals surface area (Å²) in [5, 5.41) is 50.3. The van der Waals surface area contributed by atoms with Crippen molar-refractivity contribution in [1.82, 2.24) is 0 Å². The molecule has 2 saturated heterocycles. The van der Waals surface area contributed by atoms with Crippen LogP contribution in [0.4, 0.5) is 43.7 Å². The van der Waals surface area contributed by atoms with Gasteiger partial charge in [-0.05, 0) is 110 Å². The van der Waals surface area contributed by atoms with Crippen LogP contribution in [-0.4, -0.2) is 83.1 Å². The van der Waals surface area contributed by atoms with E-state index < -0.39 is 59.7 Å². The van der Waals surface area contributed by atoms with Crippen molar-refractivity contribution in [2.45, 2.75) is 49.5 Å². The second-order valence-electron chi connectivity index (χ2n) is 17.1. The smallest absolute Gasteiger partial charge is 0.407 e. The summed E-state index contributed by atoms with van der Waals surface area (Å²) in [4.78, 5) is 89.3. The lowest BCUT2D eigenvalue weighted by Crippen LogP contribution is -2.54. The molecule has 390 valence electrons. The van der Waals surface area contributed by atoms with E-state index in [2.05, 4.69) is 21.3 Å². The fourth-order valence-electron chi connectivity index (χ4n) is 8.11. The van der Waals surface area contributed by atoms with Crippen molar-refractivity contribution >= 4 is 105 Å². The highest BCUT2D eigenvalue weighted by Gasteiger charge is 2.54. The SMILES string of the molecule is N=C1CCCN1c1ccc(NC(=O)C(OC(=O)Nc2ccc(Cl)cc2)(OC(=O)C(O)C(O)C(=O)OC(OC(=O)Nc2ccc(Cl)cc2)(C(=O)Nc2ccc(N3CCCC3=N)cc2)c2ccccc2)c2ccccc2)cc1. The Bertz CT molecular complexity index is 2910.